The molecule has 4 N–H and O–H groups in total. The summed E-state index contributed by atoms with van der Waals surface area (Å²) in [4.78, 5) is 15.7. The number of nitrogens with zero attached hydrogens (tertiary/aromatic N) is 1. The molecule has 4 nitrogen and oxygen atoms in total. The molecule has 6 heteroatoms. The van der Waals surface area contributed by atoms with Crippen molar-refractivity contribution in [2.45, 2.75) is 12.3 Å². The van der Waals surface area contributed by atoms with E-state index in [-0.39, 0.29) is 12.4 Å². The Kier molecular flexibility index (Phi) is 4.83. The van der Waals surface area contributed by atoms with Crippen molar-refractivity contribution in [2.24, 2.45) is 16.5 Å². The first-order chi connectivity index (χ1) is 10.5. The van der Waals surface area contributed by atoms with Crippen LogP contribution in [0.25, 0.3) is 0 Å². The summed E-state index contributed by atoms with van der Waals surface area (Å²) in [5, 5.41) is 0. The quantitative estimate of drug-likeness (QED) is 0.670. The van der Waals surface area contributed by atoms with Gasteiger partial charge in [-0.15, -0.1) is 0 Å². The van der Waals surface area contributed by atoms with Crippen molar-refractivity contribution in [3.05, 3.63) is 71.3 Å². The van der Waals surface area contributed by atoms with Gasteiger partial charge in [-0.2, -0.15) is 4.99 Å². The molecule has 0 radical (unpaired) electrons. The minimum absolute atomic E-state index is 0.164. The fourth-order valence-electron chi connectivity index (χ4n) is 2.18. The number of aliphatic imine (C=N–C) groups is 1. The number of carbonyl (C=O) groups excluding carboxylic acids is 1. The van der Waals surface area contributed by atoms with Crippen molar-refractivity contribution in [3.8, 4) is 0 Å². The maximum atomic E-state index is 13.4. The smallest absolute Gasteiger partial charge is 0.256 e. The Morgan fingerprint density at radius 2 is 1.68 bits per heavy atom. The monoisotopic (exact) mass is 303 g/mol. The lowest BCUT2D eigenvalue weighted by Crippen LogP contribution is -2.26. The molecule has 1 amide bonds. The molecule has 0 saturated heterocycles. The standard InChI is InChI=1S/C16H15F2N3O/c17-12-5-1-3-10(7-12)8-14(15(22)21-16(19)20)11-4-2-6-13(18)9-11/h1-7,9,14H,8H2,(H4,19,20,21,22)/t14-/m0/s1. The third-order valence-corrected chi connectivity index (χ3v) is 3.12. The van der Waals surface area contributed by atoms with Crippen LogP contribution < -0.4 is 11.5 Å². The molecular weight excluding hydrogens is 288 g/mol. The Labute approximate surface area is 126 Å². The highest BCUT2D eigenvalue weighted by atomic mass is 19.1. The van der Waals surface area contributed by atoms with Gasteiger partial charge in [-0.05, 0) is 41.8 Å². The van der Waals surface area contributed by atoms with Gasteiger partial charge in [0.05, 0.1) is 5.92 Å². The Morgan fingerprint density at radius 1 is 1.05 bits per heavy atom. The summed E-state index contributed by atoms with van der Waals surface area (Å²) in [6, 6.07) is 11.4. The average molecular weight is 303 g/mol. The lowest BCUT2D eigenvalue weighted by Gasteiger charge is -2.14. The van der Waals surface area contributed by atoms with Crippen LogP contribution in [0.1, 0.15) is 17.0 Å². The maximum absolute atomic E-state index is 13.4. The van der Waals surface area contributed by atoms with Crippen LogP contribution in [-0.2, 0) is 11.2 Å². The van der Waals surface area contributed by atoms with Crippen molar-refractivity contribution >= 4 is 11.9 Å². The van der Waals surface area contributed by atoms with Crippen molar-refractivity contribution in [1.82, 2.24) is 0 Å². The summed E-state index contributed by atoms with van der Waals surface area (Å²) >= 11 is 0. The van der Waals surface area contributed by atoms with Gasteiger partial charge in [0, 0.05) is 0 Å². The van der Waals surface area contributed by atoms with Crippen LogP contribution in [0.5, 0.6) is 0 Å². The molecule has 114 valence electrons. The van der Waals surface area contributed by atoms with Gasteiger partial charge in [0.2, 0.25) is 0 Å². The third kappa shape index (κ3) is 4.12. The lowest BCUT2D eigenvalue weighted by atomic mass is 9.91. The second-order valence-electron chi connectivity index (χ2n) is 4.82. The second-order valence-corrected chi connectivity index (χ2v) is 4.82. The van der Waals surface area contributed by atoms with Crippen LogP contribution in [0.3, 0.4) is 0 Å². The number of guanidine groups is 1. The van der Waals surface area contributed by atoms with Crippen LogP contribution >= 0.6 is 0 Å². The lowest BCUT2D eigenvalue weighted by molar-refractivity contribution is -0.119. The molecular formula is C16H15F2N3O. The first-order valence-corrected chi connectivity index (χ1v) is 6.59. The number of hydrogen-bond acceptors (Lipinski definition) is 1. The third-order valence-electron chi connectivity index (χ3n) is 3.12. The van der Waals surface area contributed by atoms with Gasteiger partial charge in [-0.1, -0.05) is 24.3 Å². The van der Waals surface area contributed by atoms with Crippen LogP contribution in [-0.4, -0.2) is 11.9 Å². The molecule has 0 unspecified atom stereocenters. The number of benzene rings is 2. The molecule has 0 heterocycles. The van der Waals surface area contributed by atoms with Crippen LogP contribution in [0.15, 0.2) is 53.5 Å². The summed E-state index contributed by atoms with van der Waals surface area (Å²) in [5.41, 5.74) is 11.5. The van der Waals surface area contributed by atoms with E-state index in [1.165, 1.54) is 30.3 Å². The van der Waals surface area contributed by atoms with Crippen molar-refractivity contribution in [1.29, 1.82) is 0 Å². The summed E-state index contributed by atoms with van der Waals surface area (Å²) in [6.07, 6.45) is 0.164. The van der Waals surface area contributed by atoms with E-state index in [0.29, 0.717) is 11.1 Å². The van der Waals surface area contributed by atoms with Gasteiger partial charge in [-0.3, -0.25) is 4.79 Å². The first kappa shape index (κ1) is 15.6. The SMILES string of the molecule is NC(N)=NC(=O)[C@@H](Cc1cccc(F)c1)c1cccc(F)c1. The van der Waals surface area contributed by atoms with E-state index < -0.39 is 23.5 Å². The highest BCUT2D eigenvalue weighted by Crippen LogP contribution is 2.23. The van der Waals surface area contributed by atoms with Crippen molar-refractivity contribution < 1.29 is 13.6 Å². The molecule has 0 bridgehead atoms. The van der Waals surface area contributed by atoms with E-state index in [4.69, 9.17) is 11.5 Å². The Hall–Kier alpha value is -2.76. The van der Waals surface area contributed by atoms with Gasteiger partial charge in [0.1, 0.15) is 11.6 Å². The molecule has 2 rings (SSSR count). The zero-order valence-electron chi connectivity index (χ0n) is 11.7. The predicted molar refractivity (Wildman–Crippen MR) is 80.1 cm³/mol. The molecule has 0 aliphatic heterocycles. The number of amides is 1. The van der Waals surface area contributed by atoms with Gasteiger partial charge in [0.15, 0.2) is 5.96 Å². The van der Waals surface area contributed by atoms with Gasteiger partial charge >= 0.3 is 0 Å². The van der Waals surface area contributed by atoms with Gasteiger partial charge < -0.3 is 11.5 Å². The maximum Gasteiger partial charge on any atom is 0.256 e. The minimum Gasteiger partial charge on any atom is -0.370 e. The van der Waals surface area contributed by atoms with Crippen molar-refractivity contribution in [2.75, 3.05) is 0 Å². The molecule has 0 aromatic heterocycles. The fourth-order valence-corrected chi connectivity index (χ4v) is 2.18. The minimum atomic E-state index is -0.792. The highest BCUT2D eigenvalue weighted by Gasteiger charge is 2.21. The predicted octanol–water partition coefficient (Wildman–Crippen LogP) is 2.09. The van der Waals surface area contributed by atoms with E-state index in [1.54, 1.807) is 18.2 Å². The van der Waals surface area contributed by atoms with E-state index in [9.17, 15) is 13.6 Å². The van der Waals surface area contributed by atoms with E-state index >= 15 is 0 Å². The zero-order valence-corrected chi connectivity index (χ0v) is 11.7. The van der Waals surface area contributed by atoms with Crippen LogP contribution in [0.4, 0.5) is 8.78 Å². The molecule has 0 aliphatic carbocycles. The summed E-state index contributed by atoms with van der Waals surface area (Å²) < 4.78 is 26.7. The largest absolute Gasteiger partial charge is 0.370 e. The summed E-state index contributed by atoms with van der Waals surface area (Å²) in [5.74, 6) is -2.65. The Bertz CT molecular complexity index is 712. The zero-order chi connectivity index (χ0) is 16.1. The van der Waals surface area contributed by atoms with Crippen LogP contribution in [0.2, 0.25) is 0 Å². The highest BCUT2D eigenvalue weighted by molar-refractivity contribution is 5.95. The van der Waals surface area contributed by atoms with Gasteiger partial charge in [0.25, 0.3) is 5.91 Å². The molecule has 22 heavy (non-hydrogen) atoms. The molecule has 0 saturated carbocycles. The molecule has 2 aromatic carbocycles. The van der Waals surface area contributed by atoms with Crippen LogP contribution in [0, 0.1) is 11.6 Å². The van der Waals surface area contributed by atoms with E-state index in [0.717, 1.165) is 0 Å². The van der Waals surface area contributed by atoms with E-state index in [1.807, 2.05) is 0 Å². The van der Waals surface area contributed by atoms with Crippen molar-refractivity contribution in [3.63, 3.8) is 0 Å². The molecule has 2 aromatic rings. The average Bonchev–Trinajstić information content (AvgIpc) is 2.44. The summed E-state index contributed by atoms with van der Waals surface area (Å²) in [6.45, 7) is 0. The van der Waals surface area contributed by atoms with E-state index in [2.05, 4.69) is 4.99 Å². The molecule has 0 spiro atoms. The Balaban J connectivity index is 2.37. The number of nitrogens with two attached hydrogens (primary N) is 2. The molecule has 1 atom stereocenters. The van der Waals surface area contributed by atoms with Gasteiger partial charge in [-0.25, -0.2) is 8.78 Å². The molecule has 0 aliphatic rings. The number of hydrogen-bond donors (Lipinski definition) is 2. The fraction of sp³-hybridized carbons (Fsp3) is 0.125. The Morgan fingerprint density at radius 3 is 2.27 bits per heavy atom. The second kappa shape index (κ2) is 6.80. The normalized spacial score (nSPS) is 11.7. The first-order valence-electron chi connectivity index (χ1n) is 6.59. The number of rotatable bonds is 4. The summed E-state index contributed by atoms with van der Waals surface area (Å²) in [7, 11) is 0. The topological polar surface area (TPSA) is 81.5 Å². The number of carbonyl (C=O) groups is 1. The number of halogens is 2. The molecule has 0 fully saturated rings.